The monoisotopic (exact) mass is 311 g/mol. The minimum atomic E-state index is -2.92. The number of hydrogen-bond acceptors (Lipinski definition) is 4. The highest BCUT2D eigenvalue weighted by Crippen LogP contribution is 2.27. The van der Waals surface area contributed by atoms with E-state index in [1.807, 2.05) is 0 Å². The van der Waals surface area contributed by atoms with Gasteiger partial charge in [-0.25, -0.2) is 13.6 Å². The van der Waals surface area contributed by atoms with Gasteiger partial charge in [0, 0.05) is 6.42 Å². The maximum Gasteiger partial charge on any atom is 0.411 e. The van der Waals surface area contributed by atoms with Crippen LogP contribution in [0, 0.1) is 0 Å². The molecule has 118 valence electrons. The Morgan fingerprint density at radius 2 is 1.95 bits per heavy atom. The number of ether oxygens (including phenoxy) is 1. The van der Waals surface area contributed by atoms with Crippen LogP contribution >= 0.6 is 0 Å². The number of ketones is 2. The van der Waals surface area contributed by atoms with Crippen molar-refractivity contribution in [2.75, 3.05) is 0 Å². The number of likely N-dealkylation sites (tertiary alicyclic amines) is 1. The van der Waals surface area contributed by atoms with Gasteiger partial charge >= 0.3 is 6.09 Å². The van der Waals surface area contributed by atoms with E-state index in [0.717, 1.165) is 6.92 Å². The summed E-state index contributed by atoms with van der Waals surface area (Å²) in [5, 5.41) is 0. The van der Waals surface area contributed by atoms with Crippen LogP contribution in [0.3, 0.4) is 0 Å². The van der Waals surface area contributed by atoms with Crippen LogP contribution in [0.25, 0.3) is 0 Å². The van der Waals surface area contributed by atoms with E-state index >= 15 is 0 Å². The van der Waals surface area contributed by atoms with Gasteiger partial charge in [0.05, 0.1) is 0 Å². The topological polar surface area (TPSA) is 63.7 Å². The molecular weight excluding hydrogens is 296 g/mol. The first-order valence-corrected chi connectivity index (χ1v) is 6.72. The quantitative estimate of drug-likeness (QED) is 0.800. The van der Waals surface area contributed by atoms with Crippen LogP contribution < -0.4 is 0 Å². The van der Waals surface area contributed by atoms with Gasteiger partial charge in [-0.15, -0.1) is 0 Å². The van der Waals surface area contributed by atoms with Crippen LogP contribution in [-0.4, -0.2) is 41.1 Å². The van der Waals surface area contributed by atoms with Crippen LogP contribution in [-0.2, 0) is 20.9 Å². The highest BCUT2D eigenvalue weighted by Gasteiger charge is 2.49. The number of Topliss-reactive ketones (excluding diaryl/α,β-unsaturated/α-hetero) is 2. The predicted molar refractivity (Wildman–Crippen MR) is 72.4 cm³/mol. The molecule has 1 aromatic carbocycles. The third-order valence-electron chi connectivity index (χ3n) is 3.44. The third-order valence-corrected chi connectivity index (χ3v) is 3.44. The number of carbonyl (C=O) groups excluding carboxylic acids is 3. The van der Waals surface area contributed by atoms with Crippen LogP contribution in [0.15, 0.2) is 30.3 Å². The molecule has 22 heavy (non-hydrogen) atoms. The van der Waals surface area contributed by atoms with Gasteiger partial charge in [0.2, 0.25) is 0 Å². The zero-order valence-corrected chi connectivity index (χ0v) is 11.9. The van der Waals surface area contributed by atoms with Crippen LogP contribution in [0.4, 0.5) is 13.6 Å². The first kappa shape index (κ1) is 16.1. The van der Waals surface area contributed by atoms with E-state index in [2.05, 4.69) is 0 Å². The molecule has 1 aliphatic rings. The minimum Gasteiger partial charge on any atom is -0.445 e. The second-order valence-electron chi connectivity index (χ2n) is 5.03. The SMILES string of the molecule is CC(=O)C1C(=O)CC(C(F)F)N1C(=O)OCc1ccccc1. The fraction of sp³-hybridized carbons (Fsp3) is 0.400. The van der Waals surface area contributed by atoms with Gasteiger partial charge < -0.3 is 4.74 Å². The number of amides is 1. The lowest BCUT2D eigenvalue weighted by Crippen LogP contribution is -2.48. The van der Waals surface area contributed by atoms with E-state index in [0.29, 0.717) is 10.5 Å². The number of nitrogens with zero attached hydrogens (tertiary/aromatic N) is 1. The Balaban J connectivity index is 2.13. The van der Waals surface area contributed by atoms with Crippen molar-refractivity contribution in [1.29, 1.82) is 0 Å². The summed E-state index contributed by atoms with van der Waals surface area (Å²) in [5.41, 5.74) is 0.675. The van der Waals surface area contributed by atoms with E-state index in [-0.39, 0.29) is 6.61 Å². The number of benzene rings is 1. The summed E-state index contributed by atoms with van der Waals surface area (Å²) in [7, 11) is 0. The normalized spacial score (nSPS) is 21.3. The summed E-state index contributed by atoms with van der Waals surface area (Å²) in [5.74, 6) is -1.33. The molecule has 0 bridgehead atoms. The molecule has 1 fully saturated rings. The number of halogens is 2. The molecule has 1 aliphatic heterocycles. The smallest absolute Gasteiger partial charge is 0.411 e. The van der Waals surface area contributed by atoms with Gasteiger partial charge in [-0.3, -0.25) is 14.5 Å². The van der Waals surface area contributed by atoms with Crippen molar-refractivity contribution in [3.8, 4) is 0 Å². The zero-order chi connectivity index (χ0) is 16.3. The molecule has 1 saturated heterocycles. The molecule has 0 aliphatic carbocycles. The lowest BCUT2D eigenvalue weighted by atomic mass is 10.1. The molecule has 2 unspecified atom stereocenters. The largest absolute Gasteiger partial charge is 0.445 e. The fourth-order valence-electron chi connectivity index (χ4n) is 2.43. The average Bonchev–Trinajstić information content (AvgIpc) is 2.84. The van der Waals surface area contributed by atoms with E-state index in [1.165, 1.54) is 0 Å². The number of rotatable bonds is 4. The van der Waals surface area contributed by atoms with Crippen molar-refractivity contribution in [3.63, 3.8) is 0 Å². The molecule has 0 radical (unpaired) electrons. The predicted octanol–water partition coefficient (Wildman–Crippen LogP) is 2.19. The average molecular weight is 311 g/mol. The van der Waals surface area contributed by atoms with Crippen LogP contribution in [0.1, 0.15) is 18.9 Å². The van der Waals surface area contributed by atoms with Crippen molar-refractivity contribution < 1.29 is 27.9 Å². The van der Waals surface area contributed by atoms with Gasteiger partial charge in [0.25, 0.3) is 6.43 Å². The Morgan fingerprint density at radius 1 is 1.32 bits per heavy atom. The Bertz CT molecular complexity index is 576. The molecule has 1 aromatic rings. The van der Waals surface area contributed by atoms with Crippen LogP contribution in [0.2, 0.25) is 0 Å². The second-order valence-corrected chi connectivity index (χ2v) is 5.03. The van der Waals surface area contributed by atoms with E-state index in [9.17, 15) is 23.2 Å². The molecule has 2 atom stereocenters. The lowest BCUT2D eigenvalue weighted by molar-refractivity contribution is -0.129. The second kappa shape index (κ2) is 6.64. The van der Waals surface area contributed by atoms with Crippen molar-refractivity contribution >= 4 is 17.7 Å². The molecule has 2 rings (SSSR count). The van der Waals surface area contributed by atoms with E-state index in [4.69, 9.17) is 4.74 Å². The molecule has 0 spiro atoms. The molecule has 0 saturated carbocycles. The maximum atomic E-state index is 13.0. The molecular formula is C15H15F2NO4. The van der Waals surface area contributed by atoms with Crippen molar-refractivity contribution in [1.82, 2.24) is 4.90 Å². The lowest BCUT2D eigenvalue weighted by Gasteiger charge is -2.26. The molecule has 5 nitrogen and oxygen atoms in total. The molecule has 0 aromatic heterocycles. The first-order valence-electron chi connectivity index (χ1n) is 6.72. The third kappa shape index (κ3) is 3.29. The highest BCUT2D eigenvalue weighted by atomic mass is 19.3. The van der Waals surface area contributed by atoms with Gasteiger partial charge in [-0.2, -0.15) is 0 Å². The Kier molecular flexibility index (Phi) is 4.85. The molecule has 1 heterocycles. The fourth-order valence-corrected chi connectivity index (χ4v) is 2.43. The van der Waals surface area contributed by atoms with Gasteiger partial charge in [-0.05, 0) is 12.5 Å². The maximum absolute atomic E-state index is 13.0. The summed E-state index contributed by atoms with van der Waals surface area (Å²) >= 11 is 0. The number of hydrogen-bond donors (Lipinski definition) is 0. The summed E-state index contributed by atoms with van der Waals surface area (Å²) in [6.45, 7) is 0.971. The molecule has 7 heteroatoms. The Hall–Kier alpha value is -2.31. The van der Waals surface area contributed by atoms with Gasteiger partial charge in [0.15, 0.2) is 17.6 Å². The number of alkyl halides is 2. The van der Waals surface area contributed by atoms with Gasteiger partial charge in [0.1, 0.15) is 12.6 Å². The minimum absolute atomic E-state index is 0.120. The van der Waals surface area contributed by atoms with Crippen molar-refractivity contribution in [3.05, 3.63) is 35.9 Å². The van der Waals surface area contributed by atoms with E-state index in [1.54, 1.807) is 30.3 Å². The Morgan fingerprint density at radius 3 is 2.50 bits per heavy atom. The molecule has 1 amide bonds. The van der Waals surface area contributed by atoms with Crippen molar-refractivity contribution in [2.45, 2.75) is 38.5 Å². The summed E-state index contributed by atoms with van der Waals surface area (Å²) in [6, 6.07) is 5.56. The summed E-state index contributed by atoms with van der Waals surface area (Å²) in [6.07, 6.45) is -4.54. The van der Waals surface area contributed by atoms with Crippen LogP contribution in [0.5, 0.6) is 0 Å². The number of carbonyl (C=O) groups is 3. The standard InChI is InChI=1S/C15H15F2NO4/c1-9(19)13-12(20)7-11(14(16)17)18(13)15(21)22-8-10-5-3-2-4-6-10/h2-6,11,13-14H,7-8H2,1H3. The zero-order valence-electron chi connectivity index (χ0n) is 11.9. The van der Waals surface area contributed by atoms with Crippen molar-refractivity contribution in [2.24, 2.45) is 0 Å². The van der Waals surface area contributed by atoms with E-state index < -0.39 is 42.6 Å². The highest BCUT2D eigenvalue weighted by molar-refractivity contribution is 6.09. The first-order chi connectivity index (χ1) is 10.4. The summed E-state index contributed by atoms with van der Waals surface area (Å²) in [4.78, 5) is 35.8. The molecule has 0 N–H and O–H groups in total. The van der Waals surface area contributed by atoms with Gasteiger partial charge in [-0.1, -0.05) is 30.3 Å². The summed E-state index contributed by atoms with van der Waals surface area (Å²) < 4.78 is 31.0. The Labute approximate surface area is 125 Å².